The molecule has 0 aromatic carbocycles. The first-order valence-corrected chi connectivity index (χ1v) is 20.2. The molecule has 0 aliphatic carbocycles. The standard InChI is InChI=1S/C13H25FO.C12H24O.C11H22O2.C11H24O/c1-10(14)11(12(2,3)4)8-9-15-13(5,6)7;1-10(11(2,3)4)8-9-13-12(5,6)7;1-10(2,3)8-7-9(12)13-11(4,5)6;1-10(2,3)8-7-9-12-11(4,5)6/h8-9H2,1-7H3;1,8-9H2,2-7H3;7-8H2,1-6H3;7-9H2,1-6H3/b11-10-;;;. The van der Waals surface area contributed by atoms with Gasteiger partial charge in [0.1, 0.15) is 5.60 Å². The molecule has 320 valence electrons. The highest BCUT2D eigenvalue weighted by atomic mass is 19.1. The van der Waals surface area contributed by atoms with Gasteiger partial charge in [-0.25, -0.2) is 4.39 Å². The van der Waals surface area contributed by atoms with Gasteiger partial charge in [-0.05, 0) is 149 Å². The third-order valence-electron chi connectivity index (χ3n) is 7.31. The van der Waals surface area contributed by atoms with Gasteiger partial charge in [-0.3, -0.25) is 4.79 Å². The zero-order chi connectivity index (χ0) is 43.5. The molecule has 0 aromatic heterocycles. The van der Waals surface area contributed by atoms with Gasteiger partial charge in [-0.15, -0.1) is 0 Å². The summed E-state index contributed by atoms with van der Waals surface area (Å²) in [4.78, 5) is 11.3. The predicted molar refractivity (Wildman–Crippen MR) is 231 cm³/mol. The number of allylic oxidation sites excluding steroid dienone is 1. The molecule has 0 aliphatic rings. The number of carbonyl (C=O) groups excluding carboxylic acids is 1. The Morgan fingerprint density at radius 2 is 0.849 bits per heavy atom. The summed E-state index contributed by atoms with van der Waals surface area (Å²) < 4.78 is 35.4. The van der Waals surface area contributed by atoms with Crippen LogP contribution >= 0.6 is 0 Å². The van der Waals surface area contributed by atoms with Crippen LogP contribution in [0.1, 0.15) is 212 Å². The van der Waals surface area contributed by atoms with Crippen molar-refractivity contribution in [3.05, 3.63) is 23.6 Å². The minimum absolute atomic E-state index is 0.0257. The largest absolute Gasteiger partial charge is 0.460 e. The predicted octanol–water partition coefficient (Wildman–Crippen LogP) is 15.1. The SMILES string of the molecule is C/C(F)=C(\CCOC(C)(C)C)C(C)(C)C.C=C(CCOC(C)(C)C)C(C)(C)C.CC(C)(C)CCC(=O)OC(C)(C)C.CC(C)(C)CCCOC(C)(C)C. The molecule has 0 radical (unpaired) electrons. The van der Waals surface area contributed by atoms with Crippen LogP contribution in [-0.4, -0.2) is 48.2 Å². The maximum Gasteiger partial charge on any atom is 0.306 e. The van der Waals surface area contributed by atoms with E-state index in [1.807, 2.05) is 62.3 Å². The van der Waals surface area contributed by atoms with Crippen LogP contribution in [0.2, 0.25) is 0 Å². The third kappa shape index (κ3) is 50.8. The van der Waals surface area contributed by atoms with Crippen molar-refractivity contribution in [1.82, 2.24) is 0 Å². The van der Waals surface area contributed by atoms with Gasteiger partial charge >= 0.3 is 5.97 Å². The van der Waals surface area contributed by atoms with E-state index < -0.39 is 0 Å². The summed E-state index contributed by atoms with van der Waals surface area (Å²) in [5.41, 5.74) is 2.36. The van der Waals surface area contributed by atoms with Crippen LogP contribution in [0.5, 0.6) is 0 Å². The van der Waals surface area contributed by atoms with Crippen molar-refractivity contribution < 1.29 is 28.1 Å². The number of ether oxygens (including phenoxy) is 4. The van der Waals surface area contributed by atoms with Gasteiger partial charge in [0.25, 0.3) is 0 Å². The lowest BCUT2D eigenvalue weighted by atomic mass is 9.84. The first kappa shape index (κ1) is 58.5. The molecule has 0 amide bonds. The molecule has 0 N–H and O–H groups in total. The summed E-state index contributed by atoms with van der Waals surface area (Å²) in [5, 5.41) is 0. The van der Waals surface area contributed by atoms with Gasteiger partial charge in [0.2, 0.25) is 0 Å². The summed E-state index contributed by atoms with van der Waals surface area (Å²) >= 11 is 0. The van der Waals surface area contributed by atoms with E-state index in [2.05, 4.69) is 110 Å². The lowest BCUT2D eigenvalue weighted by molar-refractivity contribution is -0.155. The highest BCUT2D eigenvalue weighted by Crippen LogP contribution is 2.32. The summed E-state index contributed by atoms with van der Waals surface area (Å²) in [6.07, 6.45) is 5.43. The Kier molecular flexibility index (Phi) is 26.9. The average Bonchev–Trinajstić information content (AvgIpc) is 2.84. The van der Waals surface area contributed by atoms with Crippen molar-refractivity contribution in [3.63, 3.8) is 0 Å². The van der Waals surface area contributed by atoms with Crippen LogP contribution in [0.25, 0.3) is 0 Å². The summed E-state index contributed by atoms with van der Waals surface area (Å²) in [6.45, 7) is 57.9. The van der Waals surface area contributed by atoms with Crippen LogP contribution in [0.15, 0.2) is 23.6 Å². The van der Waals surface area contributed by atoms with E-state index in [4.69, 9.17) is 18.9 Å². The van der Waals surface area contributed by atoms with Crippen molar-refractivity contribution >= 4 is 5.97 Å². The number of rotatable bonds is 11. The Balaban J connectivity index is -0.000000303. The van der Waals surface area contributed by atoms with E-state index in [-0.39, 0.29) is 50.4 Å². The fraction of sp³-hybridized carbons (Fsp3) is 0.894. The first-order valence-electron chi connectivity index (χ1n) is 20.2. The zero-order valence-corrected chi connectivity index (χ0v) is 40.5. The van der Waals surface area contributed by atoms with E-state index in [0.29, 0.717) is 24.9 Å². The molecular formula is C47H95FO5. The second-order valence-corrected chi connectivity index (χ2v) is 22.8. The van der Waals surface area contributed by atoms with Gasteiger partial charge in [0, 0.05) is 13.0 Å². The Labute approximate surface area is 332 Å². The molecule has 0 fully saturated rings. The maximum absolute atomic E-state index is 13.3. The molecule has 0 aromatic rings. The molecular weight excluding hydrogens is 664 g/mol. The van der Waals surface area contributed by atoms with E-state index in [1.165, 1.54) is 25.3 Å². The highest BCUT2D eigenvalue weighted by Gasteiger charge is 2.22. The Bertz CT molecular complexity index is 993. The number of esters is 1. The van der Waals surface area contributed by atoms with Gasteiger partial charge in [0.15, 0.2) is 0 Å². The monoisotopic (exact) mass is 759 g/mol. The van der Waals surface area contributed by atoms with Crippen molar-refractivity contribution in [3.8, 4) is 0 Å². The zero-order valence-electron chi connectivity index (χ0n) is 40.5. The molecule has 0 saturated heterocycles. The van der Waals surface area contributed by atoms with Crippen LogP contribution < -0.4 is 0 Å². The number of carbonyl (C=O) groups is 1. The van der Waals surface area contributed by atoms with Crippen LogP contribution in [0.3, 0.4) is 0 Å². The van der Waals surface area contributed by atoms with E-state index in [1.54, 1.807) is 0 Å². The second kappa shape index (κ2) is 24.4. The quantitative estimate of drug-likeness (QED) is 0.119. The average molecular weight is 759 g/mol. The lowest BCUT2D eigenvalue weighted by Gasteiger charge is -2.26. The summed E-state index contributed by atoms with van der Waals surface area (Å²) in [6, 6.07) is 0. The van der Waals surface area contributed by atoms with Crippen molar-refractivity contribution in [2.24, 2.45) is 21.7 Å². The molecule has 0 unspecified atom stereocenters. The minimum Gasteiger partial charge on any atom is -0.460 e. The summed E-state index contributed by atoms with van der Waals surface area (Å²) in [7, 11) is 0. The molecule has 53 heavy (non-hydrogen) atoms. The van der Waals surface area contributed by atoms with Crippen LogP contribution in [-0.2, 0) is 23.7 Å². The van der Waals surface area contributed by atoms with E-state index in [0.717, 1.165) is 31.6 Å². The molecule has 0 aliphatic heterocycles. The molecule has 5 nitrogen and oxygen atoms in total. The topological polar surface area (TPSA) is 54.0 Å². The van der Waals surface area contributed by atoms with E-state index in [9.17, 15) is 9.18 Å². The Morgan fingerprint density at radius 1 is 0.491 bits per heavy atom. The van der Waals surface area contributed by atoms with Gasteiger partial charge in [0.05, 0.1) is 35.8 Å². The normalized spacial score (nSPS) is 13.7. The van der Waals surface area contributed by atoms with Crippen molar-refractivity contribution in [2.45, 2.75) is 234 Å². The second-order valence-electron chi connectivity index (χ2n) is 22.8. The fourth-order valence-electron chi connectivity index (χ4n) is 4.23. The van der Waals surface area contributed by atoms with Crippen LogP contribution in [0, 0.1) is 21.7 Å². The highest BCUT2D eigenvalue weighted by molar-refractivity contribution is 5.69. The third-order valence-corrected chi connectivity index (χ3v) is 7.31. The van der Waals surface area contributed by atoms with Gasteiger partial charge in [-0.1, -0.05) is 95.2 Å². The fourth-order valence-corrected chi connectivity index (χ4v) is 4.23. The van der Waals surface area contributed by atoms with Gasteiger partial charge < -0.3 is 18.9 Å². The molecule has 0 rings (SSSR count). The van der Waals surface area contributed by atoms with E-state index >= 15 is 0 Å². The number of hydrogen-bond acceptors (Lipinski definition) is 5. The van der Waals surface area contributed by atoms with Crippen molar-refractivity contribution in [2.75, 3.05) is 19.8 Å². The maximum atomic E-state index is 13.3. The molecule has 0 atom stereocenters. The number of hydrogen-bond donors (Lipinski definition) is 0. The Hall–Kier alpha value is -1.24. The molecule has 0 spiro atoms. The molecule has 0 saturated carbocycles. The Morgan fingerprint density at radius 3 is 1.13 bits per heavy atom. The number of halogens is 1. The first-order chi connectivity index (χ1) is 23.0. The molecule has 0 bridgehead atoms. The van der Waals surface area contributed by atoms with Gasteiger partial charge in [-0.2, -0.15) is 0 Å². The summed E-state index contributed by atoms with van der Waals surface area (Å²) in [5.74, 6) is -0.164. The molecule has 0 heterocycles. The lowest BCUT2D eigenvalue weighted by Crippen LogP contribution is -2.24. The minimum atomic E-state index is -0.352. The smallest absolute Gasteiger partial charge is 0.306 e. The van der Waals surface area contributed by atoms with Crippen molar-refractivity contribution in [1.29, 1.82) is 0 Å². The molecule has 6 heteroatoms. The van der Waals surface area contributed by atoms with Crippen LogP contribution in [0.4, 0.5) is 4.39 Å².